The third kappa shape index (κ3) is 4.04. The molecule has 10 nitrogen and oxygen atoms in total. The Hall–Kier alpha value is -0.940. The van der Waals surface area contributed by atoms with E-state index < -0.39 is 44.1 Å². The maximum absolute atomic E-state index is 11.7. The molecule has 2 rings (SSSR count). The summed E-state index contributed by atoms with van der Waals surface area (Å²) in [6.45, 7) is -0.540. The number of thiol groups is 1. The molecule has 1 fully saturated rings. The Morgan fingerprint density at radius 3 is 2.76 bits per heavy atom. The van der Waals surface area contributed by atoms with Crippen molar-refractivity contribution in [2.75, 3.05) is 6.61 Å². The van der Waals surface area contributed by atoms with Crippen LogP contribution in [-0.2, 0) is 13.8 Å². The highest BCUT2D eigenvalue weighted by atomic mass is 32.1. The quantitative estimate of drug-likeness (QED) is 0.255. The zero-order valence-corrected chi connectivity index (χ0v) is 12.2. The molecule has 0 aromatic carbocycles. The van der Waals surface area contributed by atoms with Crippen LogP contribution in [0.4, 0.5) is 0 Å². The van der Waals surface area contributed by atoms with Crippen molar-refractivity contribution in [1.29, 1.82) is 0 Å². The molecular formula is C9H13N2O8PS. The lowest BCUT2D eigenvalue weighted by atomic mass is 10.2. The summed E-state index contributed by atoms with van der Waals surface area (Å²) in [6.07, 6.45) is -3.06. The molecule has 0 bridgehead atoms. The minimum atomic E-state index is -4.68. The van der Waals surface area contributed by atoms with Gasteiger partial charge in [0.15, 0.2) is 0 Å². The van der Waals surface area contributed by atoms with E-state index in [0.717, 1.165) is 10.6 Å². The molecule has 21 heavy (non-hydrogen) atoms. The maximum atomic E-state index is 11.7. The van der Waals surface area contributed by atoms with Crippen molar-refractivity contribution in [2.24, 2.45) is 0 Å². The van der Waals surface area contributed by atoms with Gasteiger partial charge in [-0.3, -0.25) is 18.9 Å². The third-order valence-electron chi connectivity index (χ3n) is 2.86. The topological polar surface area (TPSA) is 151 Å². The van der Waals surface area contributed by atoms with E-state index in [1.807, 2.05) is 4.98 Å². The Balaban J connectivity index is 2.16. The lowest BCUT2D eigenvalue weighted by Crippen LogP contribution is -2.33. The van der Waals surface area contributed by atoms with Crippen molar-refractivity contribution in [3.05, 3.63) is 26.9 Å². The Bertz CT molecular complexity index is 681. The van der Waals surface area contributed by atoms with Crippen LogP contribution in [0.2, 0.25) is 0 Å². The molecule has 0 aliphatic carbocycles. The summed E-state index contributed by atoms with van der Waals surface area (Å²) in [5.41, 5.74) is -1.39. The summed E-state index contributed by atoms with van der Waals surface area (Å²) in [6, 6.07) is 1.07. The zero-order valence-electron chi connectivity index (χ0n) is 10.4. The van der Waals surface area contributed by atoms with E-state index in [9.17, 15) is 19.3 Å². The molecule has 1 aromatic rings. The number of aromatic nitrogens is 2. The molecule has 0 saturated carbocycles. The lowest BCUT2D eigenvalue weighted by molar-refractivity contribution is -0.0478. The van der Waals surface area contributed by atoms with E-state index in [1.165, 1.54) is 0 Å². The minimum Gasteiger partial charge on any atom is -0.390 e. The average molecular weight is 340 g/mol. The van der Waals surface area contributed by atoms with E-state index in [0.29, 0.717) is 0 Å². The van der Waals surface area contributed by atoms with Crippen molar-refractivity contribution < 1.29 is 28.7 Å². The highest BCUT2D eigenvalue weighted by molar-refractivity contribution is 7.80. The van der Waals surface area contributed by atoms with Crippen LogP contribution in [0.5, 0.6) is 0 Å². The summed E-state index contributed by atoms with van der Waals surface area (Å²) in [5, 5.41) is 9.82. The normalized spacial score (nSPS) is 26.2. The van der Waals surface area contributed by atoms with Crippen LogP contribution in [0.1, 0.15) is 12.6 Å². The first-order valence-electron chi connectivity index (χ1n) is 5.76. The van der Waals surface area contributed by atoms with Gasteiger partial charge in [0.2, 0.25) is 0 Å². The van der Waals surface area contributed by atoms with Gasteiger partial charge in [0.1, 0.15) is 12.3 Å². The second kappa shape index (κ2) is 6.05. The molecular weight excluding hydrogens is 327 g/mol. The largest absolute Gasteiger partial charge is 0.469 e. The summed E-state index contributed by atoms with van der Waals surface area (Å²) in [4.78, 5) is 42.1. The van der Waals surface area contributed by atoms with Crippen molar-refractivity contribution in [3.8, 4) is 0 Å². The predicted molar refractivity (Wildman–Crippen MR) is 71.1 cm³/mol. The molecule has 118 valence electrons. The van der Waals surface area contributed by atoms with Crippen LogP contribution in [0.25, 0.3) is 0 Å². The fourth-order valence-electron chi connectivity index (χ4n) is 1.96. The number of hydrogen-bond acceptors (Lipinski definition) is 7. The van der Waals surface area contributed by atoms with Gasteiger partial charge in [-0.05, 0) is 0 Å². The number of aromatic amines is 1. The molecule has 1 aliphatic rings. The highest BCUT2D eigenvalue weighted by Gasteiger charge is 2.37. The SMILES string of the molecule is O=c1cc(S)n([C@H]2C[C@H](O)[C@@H](COP(=O)(O)O)O2)c(=O)[nH]1. The molecule has 4 N–H and O–H groups in total. The summed E-state index contributed by atoms with van der Waals surface area (Å²) in [7, 11) is -4.68. The summed E-state index contributed by atoms with van der Waals surface area (Å²) in [5.74, 6) is 0. The molecule has 0 spiro atoms. The van der Waals surface area contributed by atoms with Gasteiger partial charge >= 0.3 is 13.5 Å². The van der Waals surface area contributed by atoms with Crippen LogP contribution >= 0.6 is 20.5 Å². The smallest absolute Gasteiger partial charge is 0.390 e. The molecule has 1 aliphatic heterocycles. The highest BCUT2D eigenvalue weighted by Crippen LogP contribution is 2.38. The molecule has 0 amide bonds. The summed E-state index contributed by atoms with van der Waals surface area (Å²) < 4.78 is 21.2. The van der Waals surface area contributed by atoms with Gasteiger partial charge in [0, 0.05) is 12.5 Å². The number of nitrogens with one attached hydrogen (secondary N) is 1. The van der Waals surface area contributed by atoms with Crippen LogP contribution in [0.15, 0.2) is 20.7 Å². The minimum absolute atomic E-state index is 0.0192. The Morgan fingerprint density at radius 1 is 1.52 bits per heavy atom. The molecule has 1 saturated heterocycles. The number of aliphatic hydroxyl groups is 1. The van der Waals surface area contributed by atoms with Gasteiger partial charge in [0.25, 0.3) is 5.56 Å². The first-order valence-corrected chi connectivity index (χ1v) is 7.73. The second-order valence-corrected chi connectivity index (χ2v) is 6.08. The molecule has 1 aromatic heterocycles. The van der Waals surface area contributed by atoms with E-state index in [2.05, 4.69) is 17.2 Å². The van der Waals surface area contributed by atoms with Gasteiger partial charge in [0.05, 0.1) is 17.7 Å². The van der Waals surface area contributed by atoms with Crippen molar-refractivity contribution in [1.82, 2.24) is 9.55 Å². The number of aliphatic hydroxyl groups excluding tert-OH is 1. The average Bonchev–Trinajstić information content (AvgIpc) is 2.65. The zero-order chi connectivity index (χ0) is 15.8. The third-order valence-corrected chi connectivity index (χ3v) is 3.69. The number of phosphoric ester groups is 1. The number of nitrogens with zero attached hydrogens (tertiary/aromatic N) is 1. The standard InChI is InChI=1S/C9H13N2O8PS/c12-4-1-7(19-5(4)3-18-20(15,16)17)11-8(21)2-6(13)10-9(11)14/h2,4-5,7,12,21H,1,3H2,(H,10,13,14)(H2,15,16,17)/t4-,5+,7+/m0/s1. The Labute approximate surface area is 123 Å². The van der Waals surface area contributed by atoms with Crippen molar-refractivity contribution >= 4 is 20.5 Å². The second-order valence-electron chi connectivity index (χ2n) is 4.39. The van der Waals surface area contributed by atoms with Crippen LogP contribution in [0.3, 0.4) is 0 Å². The lowest BCUT2D eigenvalue weighted by Gasteiger charge is -2.17. The summed E-state index contributed by atoms with van der Waals surface area (Å²) >= 11 is 4.00. The molecule has 12 heteroatoms. The fraction of sp³-hybridized carbons (Fsp3) is 0.556. The number of rotatable bonds is 4. The number of ether oxygens (including phenoxy) is 1. The fourth-order valence-corrected chi connectivity index (χ4v) is 2.64. The molecule has 0 unspecified atom stereocenters. The van der Waals surface area contributed by atoms with E-state index >= 15 is 0 Å². The van der Waals surface area contributed by atoms with Gasteiger partial charge in [-0.1, -0.05) is 0 Å². The van der Waals surface area contributed by atoms with E-state index in [-0.39, 0.29) is 11.4 Å². The van der Waals surface area contributed by atoms with Gasteiger partial charge in [-0.25, -0.2) is 9.36 Å². The first kappa shape index (κ1) is 16.4. The van der Waals surface area contributed by atoms with E-state index in [1.54, 1.807) is 0 Å². The Kier molecular flexibility index (Phi) is 4.73. The van der Waals surface area contributed by atoms with Crippen molar-refractivity contribution in [3.63, 3.8) is 0 Å². The molecule has 3 atom stereocenters. The maximum Gasteiger partial charge on any atom is 0.469 e. The van der Waals surface area contributed by atoms with Crippen LogP contribution < -0.4 is 11.2 Å². The van der Waals surface area contributed by atoms with Crippen LogP contribution in [-0.4, -0.2) is 43.3 Å². The number of H-pyrrole nitrogens is 1. The van der Waals surface area contributed by atoms with Crippen molar-refractivity contribution in [2.45, 2.75) is 29.9 Å². The predicted octanol–water partition coefficient (Wildman–Crippen LogP) is -1.42. The Morgan fingerprint density at radius 2 is 2.19 bits per heavy atom. The van der Waals surface area contributed by atoms with Gasteiger partial charge in [-0.15, -0.1) is 12.6 Å². The number of hydrogen-bond donors (Lipinski definition) is 5. The first-order chi connectivity index (χ1) is 9.67. The monoisotopic (exact) mass is 340 g/mol. The number of phosphoric acid groups is 1. The van der Waals surface area contributed by atoms with Gasteiger partial charge in [-0.2, -0.15) is 0 Å². The van der Waals surface area contributed by atoms with E-state index in [4.69, 9.17) is 14.5 Å². The van der Waals surface area contributed by atoms with Crippen LogP contribution in [0, 0.1) is 0 Å². The molecule has 2 heterocycles. The molecule has 0 radical (unpaired) electrons. The van der Waals surface area contributed by atoms with Gasteiger partial charge < -0.3 is 19.6 Å².